The normalized spacial score (nSPS) is 20.4. The van der Waals surface area contributed by atoms with Crippen LogP contribution in [0.4, 0.5) is 0 Å². The summed E-state index contributed by atoms with van der Waals surface area (Å²) in [5.74, 6) is -1.75. The van der Waals surface area contributed by atoms with Crippen molar-refractivity contribution in [1.29, 1.82) is 0 Å². The second kappa shape index (κ2) is 16.2. The van der Waals surface area contributed by atoms with Gasteiger partial charge in [0.15, 0.2) is 5.78 Å². The minimum absolute atomic E-state index is 0. The van der Waals surface area contributed by atoms with Gasteiger partial charge in [-0.05, 0) is 43.4 Å². The van der Waals surface area contributed by atoms with E-state index in [9.17, 15) is 19.2 Å². The average Bonchev–Trinajstić information content (AvgIpc) is 2.84. The van der Waals surface area contributed by atoms with Crippen molar-refractivity contribution in [3.8, 4) is 5.75 Å². The van der Waals surface area contributed by atoms with Crippen molar-refractivity contribution >= 4 is 29.5 Å². The Morgan fingerprint density at radius 1 is 1.16 bits per heavy atom. The van der Waals surface area contributed by atoms with E-state index in [-0.39, 0.29) is 55.9 Å². The molecule has 2 amide bonds. The van der Waals surface area contributed by atoms with Crippen LogP contribution in [0.3, 0.4) is 0 Å². The molecule has 0 aliphatic carbocycles. The Bertz CT molecular complexity index is 978. The molecule has 2 aliphatic heterocycles. The van der Waals surface area contributed by atoms with Crippen LogP contribution in [0.15, 0.2) is 36.4 Å². The summed E-state index contributed by atoms with van der Waals surface area (Å²) in [7, 11) is 1.24. The van der Waals surface area contributed by atoms with Crippen molar-refractivity contribution in [2.24, 2.45) is 17.4 Å². The Morgan fingerprint density at radius 3 is 2.49 bits per heavy atom. The van der Waals surface area contributed by atoms with Crippen LogP contribution in [0.1, 0.15) is 38.2 Å². The summed E-state index contributed by atoms with van der Waals surface area (Å²) in [6.45, 7) is 2.01. The quantitative estimate of drug-likeness (QED) is 0.0791. The van der Waals surface area contributed by atoms with Crippen molar-refractivity contribution in [3.63, 3.8) is 0 Å². The number of amides is 2. The van der Waals surface area contributed by atoms with Gasteiger partial charge in [-0.2, -0.15) is 0 Å². The van der Waals surface area contributed by atoms with Crippen LogP contribution in [-0.4, -0.2) is 61.9 Å². The maximum Gasteiger partial charge on any atom is 0.338 e. The highest BCUT2D eigenvalue weighted by molar-refractivity contribution is 5.93. The first-order chi connectivity index (χ1) is 17.2. The van der Waals surface area contributed by atoms with E-state index < -0.39 is 29.9 Å². The molecule has 37 heavy (non-hydrogen) atoms. The Labute approximate surface area is 222 Å². The lowest BCUT2D eigenvalue weighted by Gasteiger charge is -2.23. The van der Waals surface area contributed by atoms with Gasteiger partial charge in [0.05, 0.1) is 19.7 Å². The number of methoxy groups -OCH3 is 1. The van der Waals surface area contributed by atoms with Gasteiger partial charge in [0, 0.05) is 19.3 Å². The molecule has 3 rings (SSSR count). The zero-order chi connectivity index (χ0) is 26.5. The number of esters is 1. The Hall–Kier alpha value is -3.60. The number of ether oxygens (including phenoxy) is 2. The molecular weight excluding hydrogens is 502 g/mol. The number of nitrogens with one attached hydrogen (secondary N) is 3. The van der Waals surface area contributed by atoms with Gasteiger partial charge >= 0.3 is 11.9 Å². The third kappa shape index (κ3) is 11.3. The van der Waals surface area contributed by atoms with Gasteiger partial charge in [-0.1, -0.05) is 24.3 Å². The molecule has 0 aromatic heterocycles. The molecule has 1 aromatic carbocycles. The van der Waals surface area contributed by atoms with Crippen LogP contribution in [-0.2, 0) is 30.3 Å². The zero-order valence-electron chi connectivity index (χ0n) is 21.1. The minimum Gasteiger partial charge on any atom is -1.00 e. The molecule has 7 N–H and O–H groups in total. The van der Waals surface area contributed by atoms with Crippen molar-refractivity contribution in [2.75, 3.05) is 20.3 Å². The van der Waals surface area contributed by atoms with E-state index in [1.165, 1.54) is 14.0 Å². The van der Waals surface area contributed by atoms with E-state index in [0.717, 1.165) is 5.56 Å². The van der Waals surface area contributed by atoms with Crippen LogP contribution >= 0.6 is 0 Å². The topological polar surface area (TPSA) is 177 Å². The first-order valence-electron chi connectivity index (χ1n) is 11.9. The van der Waals surface area contributed by atoms with Gasteiger partial charge in [0.25, 0.3) is 0 Å². The highest BCUT2D eigenvalue weighted by Gasteiger charge is 2.30. The second-order valence-electron chi connectivity index (χ2n) is 8.60. The molecule has 2 aliphatic rings. The molecule has 204 valence electrons. The van der Waals surface area contributed by atoms with E-state index in [1.54, 1.807) is 24.3 Å². The van der Waals surface area contributed by atoms with Gasteiger partial charge in [-0.25, -0.2) is 4.79 Å². The number of carbonyl (C=O) groups excluding carboxylic acids is 4. The van der Waals surface area contributed by atoms with E-state index in [1.807, 2.05) is 12.1 Å². The number of rotatable bonds is 6. The zero-order valence-corrected chi connectivity index (χ0v) is 21.9. The fourth-order valence-electron chi connectivity index (χ4n) is 3.83. The van der Waals surface area contributed by atoms with Crippen LogP contribution < -0.4 is 44.2 Å². The first kappa shape index (κ1) is 31.4. The number of fused-ring (bicyclic) bond motifs is 13. The minimum atomic E-state index is -0.928. The number of nitrogens with two attached hydrogens (primary N) is 2. The third-order valence-electron chi connectivity index (χ3n) is 5.69. The number of hydrogen-bond acceptors (Lipinski definition) is 6. The molecule has 0 spiro atoms. The van der Waals surface area contributed by atoms with Gasteiger partial charge in [-0.3, -0.25) is 30.8 Å². The van der Waals surface area contributed by atoms with Crippen LogP contribution in [0.2, 0.25) is 0 Å². The van der Waals surface area contributed by atoms with Crippen LogP contribution in [0, 0.1) is 5.92 Å². The predicted molar refractivity (Wildman–Crippen MR) is 133 cm³/mol. The molecule has 0 saturated carbocycles. The molecule has 1 aromatic rings. The standard InChI is InChI=1S/C25H35N5O6.ClH/c1-16(31)29-21-14-17-8-10-19(11-9-17)36-13-4-3-7-20(24(34)35-2)30-23(33)18(15-22(21)32)6-5-12-28-25(26)27;/h3-4,8-11,18,20-21H,5-7,12-15H2,1-2H3,(H,29,31)(H,30,33)(H4,26,27,28);1H/t18-,20-,21-;/m0./s1. The van der Waals surface area contributed by atoms with Gasteiger partial charge < -0.3 is 32.5 Å². The lowest BCUT2D eigenvalue weighted by molar-refractivity contribution is -0.459. The van der Waals surface area contributed by atoms with Crippen molar-refractivity contribution < 1.29 is 46.1 Å². The number of Topliss-reactive ketones (excluding diaryl/α,β-unsaturated/α-hetero) is 1. The van der Waals surface area contributed by atoms with Gasteiger partial charge in [-0.15, -0.1) is 0 Å². The number of halogens is 1. The van der Waals surface area contributed by atoms with Crippen molar-refractivity contribution in [2.45, 2.75) is 51.1 Å². The maximum atomic E-state index is 13.3. The Morgan fingerprint density at radius 2 is 1.86 bits per heavy atom. The summed E-state index contributed by atoms with van der Waals surface area (Å²) in [5, 5.41) is 5.41. The first-order valence-corrected chi connectivity index (χ1v) is 11.9. The predicted octanol–water partition coefficient (Wildman–Crippen LogP) is -4.56. The number of hydrogen-bond donors (Lipinski definition) is 5. The highest BCUT2D eigenvalue weighted by Crippen LogP contribution is 2.18. The van der Waals surface area contributed by atoms with E-state index in [4.69, 9.17) is 20.9 Å². The molecule has 2 bridgehead atoms. The monoisotopic (exact) mass is 537 g/mol. The summed E-state index contributed by atoms with van der Waals surface area (Å²) in [4.78, 5) is 53.4. The molecule has 12 heteroatoms. The third-order valence-corrected chi connectivity index (χ3v) is 5.69. The van der Waals surface area contributed by atoms with E-state index in [2.05, 4.69) is 15.6 Å². The highest BCUT2D eigenvalue weighted by atomic mass is 35.5. The summed E-state index contributed by atoms with van der Waals surface area (Å²) < 4.78 is 10.5. The van der Waals surface area contributed by atoms with Crippen molar-refractivity contribution in [3.05, 3.63) is 42.0 Å². The number of benzene rings is 1. The smallest absolute Gasteiger partial charge is 0.338 e. The largest absolute Gasteiger partial charge is 1.00 e. The summed E-state index contributed by atoms with van der Waals surface area (Å²) in [6.07, 6.45) is 4.64. The number of guanidine groups is 1. The number of ketones is 1. The number of carbonyl (C=O) groups is 4. The van der Waals surface area contributed by atoms with Gasteiger partial charge in [0.2, 0.25) is 11.8 Å². The molecule has 0 radical (unpaired) electrons. The Kier molecular flexibility index (Phi) is 13.8. The maximum absolute atomic E-state index is 13.3. The lowest BCUT2D eigenvalue weighted by Crippen LogP contribution is -3.00. The molecule has 3 atom stereocenters. The van der Waals surface area contributed by atoms with E-state index in [0.29, 0.717) is 25.1 Å². The molecular formula is C25H36ClN5O6. The molecule has 11 nitrogen and oxygen atoms in total. The molecule has 2 heterocycles. The molecule has 0 fully saturated rings. The van der Waals surface area contributed by atoms with E-state index >= 15 is 0 Å². The second-order valence-corrected chi connectivity index (χ2v) is 8.60. The molecule has 0 unspecified atom stereocenters. The average molecular weight is 538 g/mol. The Balaban J connectivity index is 0.00000684. The van der Waals surface area contributed by atoms with Crippen LogP contribution in [0.5, 0.6) is 5.75 Å². The van der Waals surface area contributed by atoms with Crippen LogP contribution in [0.25, 0.3) is 0 Å². The summed E-state index contributed by atoms with van der Waals surface area (Å²) >= 11 is 0. The SMILES string of the molecule is COC(=O)[C@@H]1CC=CCOc2ccc(cc2)C[C@H](NC(C)=O)C(=O)C[C@H](CCC[NH+]=C(N)N)C(=O)N1.[Cl-]. The van der Waals surface area contributed by atoms with Gasteiger partial charge in [0.1, 0.15) is 18.4 Å². The lowest BCUT2D eigenvalue weighted by atomic mass is 9.90. The molecule has 0 saturated heterocycles. The fourth-order valence-corrected chi connectivity index (χ4v) is 3.83. The fraction of sp³-hybridized carbons (Fsp3) is 0.480. The summed E-state index contributed by atoms with van der Waals surface area (Å²) in [5.41, 5.74) is 11.7. The van der Waals surface area contributed by atoms with Crippen molar-refractivity contribution in [1.82, 2.24) is 10.6 Å². The summed E-state index contributed by atoms with van der Waals surface area (Å²) in [6, 6.07) is 5.49.